The maximum atomic E-state index is 11.7. The number of carbonyl (C=O) groups is 1. The topological polar surface area (TPSA) is 71.8 Å². The van der Waals surface area contributed by atoms with E-state index >= 15 is 0 Å². The van der Waals surface area contributed by atoms with E-state index in [0.29, 0.717) is 12.1 Å². The minimum atomic E-state index is -0.0874. The summed E-state index contributed by atoms with van der Waals surface area (Å²) in [6.07, 6.45) is 3.52. The first-order chi connectivity index (χ1) is 10.7. The molecule has 22 heavy (non-hydrogen) atoms. The molecule has 0 saturated heterocycles. The fourth-order valence-corrected chi connectivity index (χ4v) is 2.34. The number of imidazole rings is 1. The molecule has 0 fully saturated rings. The Morgan fingerprint density at radius 3 is 2.95 bits per heavy atom. The SMILES string of the molecule is CNC(=O)c1cccc(CNc2nc3ccncc3n2C)c1. The highest BCUT2D eigenvalue weighted by atomic mass is 16.1. The van der Waals surface area contributed by atoms with Crippen LogP contribution in [0.25, 0.3) is 11.0 Å². The van der Waals surface area contributed by atoms with Crippen molar-refractivity contribution in [1.29, 1.82) is 0 Å². The molecule has 0 aliphatic carbocycles. The Bertz CT molecular complexity index is 824. The highest BCUT2D eigenvalue weighted by molar-refractivity contribution is 5.94. The van der Waals surface area contributed by atoms with Gasteiger partial charge in [-0.05, 0) is 23.8 Å². The Kier molecular flexibility index (Phi) is 3.74. The summed E-state index contributed by atoms with van der Waals surface area (Å²) in [5.74, 6) is 0.684. The van der Waals surface area contributed by atoms with Crippen molar-refractivity contribution in [2.24, 2.45) is 7.05 Å². The molecule has 2 heterocycles. The molecule has 0 spiro atoms. The average Bonchev–Trinajstić information content (AvgIpc) is 2.89. The molecule has 0 unspecified atom stereocenters. The van der Waals surface area contributed by atoms with Crippen LogP contribution in [-0.2, 0) is 13.6 Å². The molecule has 1 aromatic carbocycles. The van der Waals surface area contributed by atoms with Crippen molar-refractivity contribution in [2.75, 3.05) is 12.4 Å². The summed E-state index contributed by atoms with van der Waals surface area (Å²) < 4.78 is 1.96. The lowest BCUT2D eigenvalue weighted by molar-refractivity contribution is 0.0963. The second-order valence-electron chi connectivity index (χ2n) is 4.99. The number of pyridine rings is 1. The van der Waals surface area contributed by atoms with E-state index in [1.165, 1.54) is 0 Å². The van der Waals surface area contributed by atoms with Crippen molar-refractivity contribution >= 4 is 22.9 Å². The third-order valence-corrected chi connectivity index (χ3v) is 3.55. The summed E-state index contributed by atoms with van der Waals surface area (Å²) in [7, 11) is 3.57. The third kappa shape index (κ3) is 2.63. The second kappa shape index (κ2) is 5.85. The summed E-state index contributed by atoms with van der Waals surface area (Å²) in [6.45, 7) is 0.593. The van der Waals surface area contributed by atoms with Crippen molar-refractivity contribution in [3.05, 3.63) is 53.9 Å². The number of hydrogen-bond acceptors (Lipinski definition) is 4. The van der Waals surface area contributed by atoms with Crippen LogP contribution in [0.5, 0.6) is 0 Å². The van der Waals surface area contributed by atoms with Gasteiger partial charge in [0.15, 0.2) is 0 Å². The number of nitrogens with zero attached hydrogens (tertiary/aromatic N) is 3. The Labute approximate surface area is 128 Å². The normalized spacial score (nSPS) is 10.6. The van der Waals surface area contributed by atoms with Crippen LogP contribution < -0.4 is 10.6 Å². The summed E-state index contributed by atoms with van der Waals surface area (Å²) in [5.41, 5.74) is 3.55. The Morgan fingerprint density at radius 1 is 1.32 bits per heavy atom. The van der Waals surface area contributed by atoms with Crippen LogP contribution in [0.4, 0.5) is 5.95 Å². The number of rotatable bonds is 4. The van der Waals surface area contributed by atoms with E-state index in [1.807, 2.05) is 35.9 Å². The predicted octanol–water partition coefficient (Wildman–Crippen LogP) is 1.94. The molecule has 0 aliphatic rings. The molecular weight excluding hydrogens is 278 g/mol. The maximum absolute atomic E-state index is 11.7. The summed E-state index contributed by atoms with van der Waals surface area (Å²) in [4.78, 5) is 20.3. The molecule has 0 saturated carbocycles. The number of hydrogen-bond donors (Lipinski definition) is 2. The first kappa shape index (κ1) is 14.1. The minimum Gasteiger partial charge on any atom is -0.355 e. The molecule has 6 nitrogen and oxygen atoms in total. The summed E-state index contributed by atoms with van der Waals surface area (Å²) in [5, 5.41) is 5.92. The maximum Gasteiger partial charge on any atom is 0.251 e. The van der Waals surface area contributed by atoms with Gasteiger partial charge in [0.05, 0.1) is 17.2 Å². The monoisotopic (exact) mass is 295 g/mol. The van der Waals surface area contributed by atoms with Crippen molar-refractivity contribution in [1.82, 2.24) is 19.9 Å². The number of aryl methyl sites for hydroxylation is 1. The van der Waals surface area contributed by atoms with Gasteiger partial charge in [-0.25, -0.2) is 4.98 Å². The number of benzene rings is 1. The third-order valence-electron chi connectivity index (χ3n) is 3.55. The molecule has 0 radical (unpaired) electrons. The van der Waals surface area contributed by atoms with Crippen molar-refractivity contribution in [2.45, 2.75) is 6.54 Å². The van der Waals surface area contributed by atoms with Crippen molar-refractivity contribution < 1.29 is 4.79 Å². The molecule has 112 valence electrons. The number of fused-ring (bicyclic) bond motifs is 1. The highest BCUT2D eigenvalue weighted by Gasteiger charge is 2.08. The van der Waals surface area contributed by atoms with Gasteiger partial charge in [0, 0.05) is 32.4 Å². The largest absolute Gasteiger partial charge is 0.355 e. The van der Waals surface area contributed by atoms with Gasteiger partial charge in [0.2, 0.25) is 5.95 Å². The van der Waals surface area contributed by atoms with Gasteiger partial charge in [-0.3, -0.25) is 9.78 Å². The van der Waals surface area contributed by atoms with Crippen LogP contribution >= 0.6 is 0 Å². The van der Waals surface area contributed by atoms with Crippen molar-refractivity contribution in [3.63, 3.8) is 0 Å². The van der Waals surface area contributed by atoms with E-state index in [4.69, 9.17) is 0 Å². The van der Waals surface area contributed by atoms with Crippen LogP contribution in [-0.4, -0.2) is 27.5 Å². The fraction of sp³-hybridized carbons (Fsp3) is 0.188. The van der Waals surface area contributed by atoms with Gasteiger partial charge in [0.25, 0.3) is 5.91 Å². The lowest BCUT2D eigenvalue weighted by Gasteiger charge is -2.07. The smallest absolute Gasteiger partial charge is 0.251 e. The Balaban J connectivity index is 1.79. The zero-order valence-electron chi connectivity index (χ0n) is 12.5. The van der Waals surface area contributed by atoms with Crippen LogP contribution in [0, 0.1) is 0 Å². The first-order valence-electron chi connectivity index (χ1n) is 7.00. The summed E-state index contributed by atoms with van der Waals surface area (Å²) >= 11 is 0. The minimum absolute atomic E-state index is 0.0874. The molecule has 0 aliphatic heterocycles. The predicted molar refractivity (Wildman–Crippen MR) is 85.7 cm³/mol. The quantitative estimate of drug-likeness (QED) is 0.771. The molecule has 1 amide bonds. The molecule has 0 atom stereocenters. The molecule has 2 aromatic heterocycles. The summed E-state index contributed by atoms with van der Waals surface area (Å²) in [6, 6.07) is 9.40. The zero-order valence-corrected chi connectivity index (χ0v) is 12.5. The standard InChI is InChI=1S/C16H17N5O/c1-17-15(22)12-5-3-4-11(8-12)9-19-16-20-13-6-7-18-10-14(13)21(16)2/h3-8,10H,9H2,1-2H3,(H,17,22)(H,19,20). The Morgan fingerprint density at radius 2 is 2.18 bits per heavy atom. The zero-order chi connectivity index (χ0) is 15.5. The van der Waals surface area contributed by atoms with Crippen LogP contribution in [0.3, 0.4) is 0 Å². The van der Waals surface area contributed by atoms with Crippen LogP contribution in [0.1, 0.15) is 15.9 Å². The number of carbonyl (C=O) groups excluding carboxylic acids is 1. The van der Waals surface area contributed by atoms with E-state index < -0.39 is 0 Å². The van der Waals surface area contributed by atoms with Crippen molar-refractivity contribution in [3.8, 4) is 0 Å². The molecule has 0 bridgehead atoms. The van der Waals surface area contributed by atoms with Crippen LogP contribution in [0.2, 0.25) is 0 Å². The average molecular weight is 295 g/mol. The van der Waals surface area contributed by atoms with Gasteiger partial charge in [-0.15, -0.1) is 0 Å². The molecule has 6 heteroatoms. The van der Waals surface area contributed by atoms with Gasteiger partial charge < -0.3 is 15.2 Å². The number of nitrogens with one attached hydrogen (secondary N) is 2. The van der Waals surface area contributed by atoms with E-state index in [-0.39, 0.29) is 5.91 Å². The van der Waals surface area contributed by atoms with Gasteiger partial charge in [-0.2, -0.15) is 0 Å². The molecule has 3 aromatic rings. The second-order valence-corrected chi connectivity index (χ2v) is 4.99. The molecule has 3 rings (SSSR count). The lowest BCUT2D eigenvalue weighted by Crippen LogP contribution is -2.18. The van der Waals surface area contributed by atoms with E-state index in [0.717, 1.165) is 22.5 Å². The number of anilines is 1. The van der Waals surface area contributed by atoms with Gasteiger partial charge in [0.1, 0.15) is 0 Å². The molecule has 2 N–H and O–H groups in total. The number of amides is 1. The van der Waals surface area contributed by atoms with Crippen LogP contribution in [0.15, 0.2) is 42.7 Å². The van der Waals surface area contributed by atoms with Gasteiger partial charge >= 0.3 is 0 Å². The van der Waals surface area contributed by atoms with Gasteiger partial charge in [-0.1, -0.05) is 12.1 Å². The van der Waals surface area contributed by atoms with E-state index in [9.17, 15) is 4.79 Å². The first-order valence-corrected chi connectivity index (χ1v) is 7.00. The van der Waals surface area contributed by atoms with E-state index in [1.54, 1.807) is 25.5 Å². The highest BCUT2D eigenvalue weighted by Crippen LogP contribution is 2.17. The Hall–Kier alpha value is -2.89. The van der Waals surface area contributed by atoms with E-state index in [2.05, 4.69) is 20.6 Å². The number of aromatic nitrogens is 3. The fourth-order valence-electron chi connectivity index (χ4n) is 2.34. The molecular formula is C16H17N5O. The lowest BCUT2D eigenvalue weighted by atomic mass is 10.1.